The lowest BCUT2D eigenvalue weighted by Crippen LogP contribution is -2.22. The third-order valence-electron chi connectivity index (χ3n) is 3.32. The van der Waals surface area contributed by atoms with Crippen molar-refractivity contribution in [3.05, 3.63) is 52.3 Å². The molecule has 2 aromatic carbocycles. The van der Waals surface area contributed by atoms with Crippen molar-refractivity contribution in [2.75, 3.05) is 11.5 Å². The molecule has 1 heterocycles. The predicted octanol–water partition coefficient (Wildman–Crippen LogP) is 3.28. The van der Waals surface area contributed by atoms with E-state index in [2.05, 4.69) is 15.9 Å². The van der Waals surface area contributed by atoms with E-state index in [1.165, 1.54) is 12.1 Å². The van der Waals surface area contributed by atoms with Crippen LogP contribution in [-0.2, 0) is 17.2 Å². The van der Waals surface area contributed by atoms with Crippen molar-refractivity contribution in [1.82, 2.24) is 0 Å². The molecule has 0 fully saturated rings. The number of nitrogens with two attached hydrogens (primary N) is 1. The van der Waals surface area contributed by atoms with Crippen molar-refractivity contribution in [2.24, 2.45) is 0 Å². The molecule has 21 heavy (non-hydrogen) atoms. The summed E-state index contributed by atoms with van der Waals surface area (Å²) in [7, 11) is -1.25. The lowest BCUT2D eigenvalue weighted by atomic mass is 10.1. The molecule has 6 heteroatoms. The van der Waals surface area contributed by atoms with Crippen molar-refractivity contribution in [2.45, 2.75) is 17.4 Å². The Morgan fingerprint density at radius 3 is 2.90 bits per heavy atom. The summed E-state index contributed by atoms with van der Waals surface area (Å²) in [6.45, 7) is 0. The first-order chi connectivity index (χ1) is 10.0. The van der Waals surface area contributed by atoms with Crippen molar-refractivity contribution >= 4 is 32.4 Å². The summed E-state index contributed by atoms with van der Waals surface area (Å²) in [6, 6.07) is 9.73. The van der Waals surface area contributed by atoms with E-state index < -0.39 is 10.8 Å². The Morgan fingerprint density at radius 2 is 2.14 bits per heavy atom. The molecular weight excluding hydrogens is 357 g/mol. The monoisotopic (exact) mass is 369 g/mol. The van der Waals surface area contributed by atoms with Gasteiger partial charge in [-0.2, -0.15) is 0 Å². The molecule has 0 radical (unpaired) electrons. The van der Waals surface area contributed by atoms with Crippen molar-refractivity contribution in [3.63, 3.8) is 0 Å². The summed E-state index contributed by atoms with van der Waals surface area (Å²) in [6.07, 6.45) is 0.348. The number of anilines is 1. The van der Waals surface area contributed by atoms with E-state index in [1.54, 1.807) is 18.2 Å². The molecule has 0 aromatic heterocycles. The van der Waals surface area contributed by atoms with Crippen LogP contribution >= 0.6 is 15.9 Å². The Kier molecular flexibility index (Phi) is 3.99. The average Bonchev–Trinajstić information content (AvgIpc) is 2.79. The largest absolute Gasteiger partial charge is 0.489 e. The number of ether oxygens (including phenoxy) is 1. The van der Waals surface area contributed by atoms with E-state index in [0.717, 1.165) is 10.0 Å². The summed E-state index contributed by atoms with van der Waals surface area (Å²) in [5, 5.41) is 0. The maximum absolute atomic E-state index is 13.2. The van der Waals surface area contributed by atoms with E-state index in [1.807, 2.05) is 6.07 Å². The molecule has 2 aromatic rings. The molecule has 3 rings (SSSR count). The standard InChI is InChI=1S/C15H13BrFNO2S/c16-10-1-4-15(13(18)7-10)21(19)8-12-6-9-5-11(17)2-3-14(9)20-12/h1-5,7,12H,6,8,18H2. The zero-order valence-corrected chi connectivity index (χ0v) is 13.4. The van der Waals surface area contributed by atoms with E-state index >= 15 is 0 Å². The highest BCUT2D eigenvalue weighted by atomic mass is 79.9. The van der Waals surface area contributed by atoms with Gasteiger partial charge in [-0.1, -0.05) is 15.9 Å². The number of hydrogen-bond acceptors (Lipinski definition) is 3. The Labute approximate surface area is 132 Å². The first-order valence-corrected chi connectivity index (χ1v) is 8.52. The van der Waals surface area contributed by atoms with E-state index in [4.69, 9.17) is 10.5 Å². The SMILES string of the molecule is Nc1cc(Br)ccc1S(=O)CC1Cc2cc(F)ccc2O1. The van der Waals surface area contributed by atoms with Gasteiger partial charge in [0.1, 0.15) is 17.7 Å². The van der Waals surface area contributed by atoms with Crippen LogP contribution < -0.4 is 10.5 Å². The minimum Gasteiger partial charge on any atom is -0.489 e. The maximum Gasteiger partial charge on any atom is 0.123 e. The summed E-state index contributed by atoms with van der Waals surface area (Å²) in [5.74, 6) is 0.723. The number of nitrogen functional groups attached to an aromatic ring is 1. The van der Waals surface area contributed by atoms with E-state index in [-0.39, 0.29) is 11.9 Å². The van der Waals surface area contributed by atoms with E-state index in [9.17, 15) is 8.60 Å². The molecule has 2 N–H and O–H groups in total. The fraction of sp³-hybridized carbons (Fsp3) is 0.200. The van der Waals surface area contributed by atoms with Crippen LogP contribution in [0.4, 0.5) is 10.1 Å². The highest BCUT2D eigenvalue weighted by molar-refractivity contribution is 9.10. The minimum atomic E-state index is -1.25. The van der Waals surface area contributed by atoms with Crippen LogP contribution in [0.25, 0.3) is 0 Å². The number of halogens is 2. The second-order valence-corrected chi connectivity index (χ2v) is 7.27. The lowest BCUT2D eigenvalue weighted by Gasteiger charge is -2.11. The second kappa shape index (κ2) is 5.77. The number of rotatable bonds is 3. The molecule has 0 spiro atoms. The van der Waals surface area contributed by atoms with Crippen molar-refractivity contribution in [3.8, 4) is 5.75 Å². The molecule has 0 saturated heterocycles. The van der Waals surface area contributed by atoms with Crippen LogP contribution in [0, 0.1) is 5.82 Å². The van der Waals surface area contributed by atoms with Gasteiger partial charge in [0.05, 0.1) is 21.4 Å². The van der Waals surface area contributed by atoms with Gasteiger partial charge in [0.15, 0.2) is 0 Å². The van der Waals surface area contributed by atoms with Crippen molar-refractivity contribution < 1.29 is 13.3 Å². The van der Waals surface area contributed by atoms with Gasteiger partial charge >= 0.3 is 0 Å². The second-order valence-electron chi connectivity index (χ2n) is 4.89. The highest BCUT2D eigenvalue weighted by Gasteiger charge is 2.26. The number of fused-ring (bicyclic) bond motifs is 1. The third kappa shape index (κ3) is 3.11. The van der Waals surface area contributed by atoms with Crippen molar-refractivity contribution in [1.29, 1.82) is 0 Å². The number of hydrogen-bond donors (Lipinski definition) is 1. The number of benzene rings is 2. The first-order valence-electron chi connectivity index (χ1n) is 6.41. The van der Waals surface area contributed by atoms with Crippen LogP contribution in [-0.4, -0.2) is 16.1 Å². The van der Waals surface area contributed by atoms with Gasteiger partial charge in [0.2, 0.25) is 0 Å². The molecule has 0 amide bonds. The van der Waals surface area contributed by atoms with Gasteiger partial charge < -0.3 is 10.5 Å². The zero-order chi connectivity index (χ0) is 15.0. The Balaban J connectivity index is 1.72. The van der Waals surface area contributed by atoms with Crippen LogP contribution in [0.15, 0.2) is 45.8 Å². The summed E-state index contributed by atoms with van der Waals surface area (Å²) in [5.41, 5.74) is 7.20. The molecular formula is C15H13BrFNO2S. The Hall–Kier alpha value is -1.40. The Bertz CT molecular complexity index is 723. The van der Waals surface area contributed by atoms with E-state index in [0.29, 0.717) is 28.5 Å². The summed E-state index contributed by atoms with van der Waals surface area (Å²) < 4.78 is 32.1. The quantitative estimate of drug-likeness (QED) is 0.844. The van der Waals surface area contributed by atoms with Crippen LogP contribution in [0.5, 0.6) is 5.75 Å². The molecule has 0 bridgehead atoms. The fourth-order valence-corrected chi connectivity index (χ4v) is 3.99. The molecule has 1 aliphatic rings. The lowest BCUT2D eigenvalue weighted by molar-refractivity contribution is 0.258. The van der Waals surface area contributed by atoms with Gasteiger partial charge in [0, 0.05) is 22.1 Å². The average molecular weight is 370 g/mol. The first kappa shape index (κ1) is 14.5. The molecule has 3 nitrogen and oxygen atoms in total. The van der Waals surface area contributed by atoms with Gasteiger partial charge in [-0.05, 0) is 36.4 Å². The van der Waals surface area contributed by atoms with Crippen LogP contribution in [0.2, 0.25) is 0 Å². The molecule has 2 atom stereocenters. The highest BCUT2D eigenvalue weighted by Crippen LogP contribution is 2.30. The van der Waals surface area contributed by atoms with Gasteiger partial charge in [0.25, 0.3) is 0 Å². The topological polar surface area (TPSA) is 52.3 Å². The molecule has 110 valence electrons. The molecule has 0 saturated carbocycles. The van der Waals surface area contributed by atoms with Gasteiger partial charge in [-0.3, -0.25) is 4.21 Å². The maximum atomic E-state index is 13.2. The van der Waals surface area contributed by atoms with Gasteiger partial charge in [-0.15, -0.1) is 0 Å². The molecule has 0 aliphatic carbocycles. The molecule has 1 aliphatic heterocycles. The minimum absolute atomic E-state index is 0.217. The summed E-state index contributed by atoms with van der Waals surface area (Å²) in [4.78, 5) is 0.601. The smallest absolute Gasteiger partial charge is 0.123 e. The summed E-state index contributed by atoms with van der Waals surface area (Å²) >= 11 is 3.32. The van der Waals surface area contributed by atoms with Crippen LogP contribution in [0.3, 0.4) is 0 Å². The predicted molar refractivity (Wildman–Crippen MR) is 84.3 cm³/mol. The van der Waals surface area contributed by atoms with Gasteiger partial charge in [-0.25, -0.2) is 4.39 Å². The fourth-order valence-electron chi connectivity index (χ4n) is 2.37. The normalized spacial score (nSPS) is 18.1. The van der Waals surface area contributed by atoms with Crippen LogP contribution in [0.1, 0.15) is 5.56 Å². The molecule has 2 unspecified atom stereocenters. The Morgan fingerprint density at radius 1 is 1.33 bits per heavy atom. The zero-order valence-electron chi connectivity index (χ0n) is 11.0. The third-order valence-corrected chi connectivity index (χ3v) is 5.35.